The Kier molecular flexibility index (Phi) is 3.62. The second kappa shape index (κ2) is 5.16. The van der Waals surface area contributed by atoms with Gasteiger partial charge < -0.3 is 15.0 Å². The SMILES string of the molecule is COc1cc(N2CCCNCC2)ccc1F. The van der Waals surface area contributed by atoms with E-state index in [1.165, 1.54) is 13.2 Å². The molecule has 4 heteroatoms. The van der Waals surface area contributed by atoms with Crippen LogP contribution in [0.3, 0.4) is 0 Å². The smallest absolute Gasteiger partial charge is 0.165 e. The zero-order valence-corrected chi connectivity index (χ0v) is 9.50. The van der Waals surface area contributed by atoms with E-state index < -0.39 is 0 Å². The van der Waals surface area contributed by atoms with Gasteiger partial charge in [0.15, 0.2) is 11.6 Å². The molecule has 0 aliphatic carbocycles. The third-order valence-electron chi connectivity index (χ3n) is 2.84. The van der Waals surface area contributed by atoms with Crippen molar-refractivity contribution in [2.45, 2.75) is 6.42 Å². The van der Waals surface area contributed by atoms with Crippen molar-refractivity contribution in [3.63, 3.8) is 0 Å². The van der Waals surface area contributed by atoms with E-state index in [4.69, 9.17) is 4.74 Å². The molecule has 0 aromatic heterocycles. The predicted molar refractivity (Wildman–Crippen MR) is 62.7 cm³/mol. The number of anilines is 1. The van der Waals surface area contributed by atoms with E-state index in [0.717, 1.165) is 38.3 Å². The topological polar surface area (TPSA) is 24.5 Å². The number of benzene rings is 1. The van der Waals surface area contributed by atoms with Crippen molar-refractivity contribution in [2.75, 3.05) is 38.2 Å². The molecule has 0 bridgehead atoms. The van der Waals surface area contributed by atoms with Gasteiger partial charge in [-0.1, -0.05) is 0 Å². The summed E-state index contributed by atoms with van der Waals surface area (Å²) in [5, 5.41) is 3.34. The van der Waals surface area contributed by atoms with Gasteiger partial charge in [0, 0.05) is 31.4 Å². The summed E-state index contributed by atoms with van der Waals surface area (Å²) in [5.74, 6) is 0.00824. The average Bonchev–Trinajstić information content (AvgIpc) is 2.58. The van der Waals surface area contributed by atoms with Crippen molar-refractivity contribution in [1.29, 1.82) is 0 Å². The lowest BCUT2D eigenvalue weighted by atomic mass is 10.2. The fraction of sp³-hybridized carbons (Fsp3) is 0.500. The van der Waals surface area contributed by atoms with Crippen LogP contribution in [-0.2, 0) is 0 Å². The Hall–Kier alpha value is -1.29. The zero-order chi connectivity index (χ0) is 11.4. The fourth-order valence-electron chi connectivity index (χ4n) is 1.95. The van der Waals surface area contributed by atoms with Crippen molar-refractivity contribution in [1.82, 2.24) is 5.32 Å². The lowest BCUT2D eigenvalue weighted by molar-refractivity contribution is 0.386. The molecule has 1 saturated heterocycles. The summed E-state index contributed by atoms with van der Waals surface area (Å²) >= 11 is 0. The Balaban J connectivity index is 2.18. The van der Waals surface area contributed by atoms with Crippen LogP contribution in [0.4, 0.5) is 10.1 Å². The van der Waals surface area contributed by atoms with Crippen molar-refractivity contribution < 1.29 is 9.13 Å². The number of rotatable bonds is 2. The van der Waals surface area contributed by atoms with Gasteiger partial charge in [-0.25, -0.2) is 4.39 Å². The first-order valence-corrected chi connectivity index (χ1v) is 5.60. The van der Waals surface area contributed by atoms with Crippen LogP contribution in [0.15, 0.2) is 18.2 Å². The van der Waals surface area contributed by atoms with Gasteiger partial charge in [0.25, 0.3) is 0 Å². The highest BCUT2D eigenvalue weighted by Gasteiger charge is 2.11. The van der Waals surface area contributed by atoms with Crippen LogP contribution < -0.4 is 15.0 Å². The molecule has 1 N–H and O–H groups in total. The maximum atomic E-state index is 13.3. The zero-order valence-electron chi connectivity index (χ0n) is 9.50. The minimum Gasteiger partial charge on any atom is -0.494 e. The molecule has 88 valence electrons. The summed E-state index contributed by atoms with van der Waals surface area (Å²) in [5.41, 5.74) is 1.03. The Morgan fingerprint density at radius 1 is 1.31 bits per heavy atom. The molecule has 16 heavy (non-hydrogen) atoms. The maximum Gasteiger partial charge on any atom is 0.165 e. The molecule has 1 aliphatic heterocycles. The van der Waals surface area contributed by atoms with Crippen LogP contribution in [0.1, 0.15) is 6.42 Å². The van der Waals surface area contributed by atoms with Crippen LogP contribution in [0.5, 0.6) is 5.75 Å². The average molecular weight is 224 g/mol. The van der Waals surface area contributed by atoms with Gasteiger partial charge in [-0.15, -0.1) is 0 Å². The minimum absolute atomic E-state index is 0.306. The molecule has 0 amide bonds. The quantitative estimate of drug-likeness (QED) is 0.826. The number of ether oxygens (including phenoxy) is 1. The lowest BCUT2D eigenvalue weighted by Gasteiger charge is -2.22. The molecule has 0 saturated carbocycles. The third kappa shape index (κ3) is 2.44. The van der Waals surface area contributed by atoms with E-state index in [0.29, 0.717) is 5.75 Å². The number of hydrogen-bond acceptors (Lipinski definition) is 3. The number of hydrogen-bond donors (Lipinski definition) is 1. The molecular weight excluding hydrogens is 207 g/mol. The highest BCUT2D eigenvalue weighted by Crippen LogP contribution is 2.24. The summed E-state index contributed by atoms with van der Waals surface area (Å²) in [6.07, 6.45) is 1.11. The summed E-state index contributed by atoms with van der Waals surface area (Å²) in [7, 11) is 1.49. The number of methoxy groups -OCH3 is 1. The standard InChI is InChI=1S/C12H17FN2O/c1-16-12-9-10(3-4-11(12)13)15-7-2-5-14-6-8-15/h3-4,9,14H,2,5-8H2,1H3. The van der Waals surface area contributed by atoms with Crippen LogP contribution in [0, 0.1) is 5.82 Å². The van der Waals surface area contributed by atoms with Gasteiger partial charge in [0.05, 0.1) is 7.11 Å². The van der Waals surface area contributed by atoms with Crippen LogP contribution >= 0.6 is 0 Å². The Morgan fingerprint density at radius 2 is 2.19 bits per heavy atom. The van der Waals surface area contributed by atoms with Gasteiger partial charge in [0.2, 0.25) is 0 Å². The van der Waals surface area contributed by atoms with E-state index in [2.05, 4.69) is 10.2 Å². The monoisotopic (exact) mass is 224 g/mol. The molecule has 0 unspecified atom stereocenters. The minimum atomic E-state index is -0.306. The molecule has 1 aliphatic rings. The Labute approximate surface area is 95.2 Å². The fourth-order valence-corrected chi connectivity index (χ4v) is 1.95. The third-order valence-corrected chi connectivity index (χ3v) is 2.84. The molecule has 3 nitrogen and oxygen atoms in total. The van der Waals surface area contributed by atoms with Crippen molar-refractivity contribution in [3.8, 4) is 5.75 Å². The molecule has 0 atom stereocenters. The second-order valence-corrected chi connectivity index (χ2v) is 3.91. The molecule has 0 spiro atoms. The van der Waals surface area contributed by atoms with Crippen LogP contribution in [0.2, 0.25) is 0 Å². The predicted octanol–water partition coefficient (Wildman–Crippen LogP) is 1.63. The van der Waals surface area contributed by atoms with E-state index >= 15 is 0 Å². The maximum absolute atomic E-state index is 13.3. The molecule has 1 heterocycles. The largest absolute Gasteiger partial charge is 0.494 e. The molecule has 1 fully saturated rings. The molecule has 1 aromatic rings. The van der Waals surface area contributed by atoms with Crippen LogP contribution in [-0.4, -0.2) is 33.3 Å². The highest BCUT2D eigenvalue weighted by atomic mass is 19.1. The first-order chi connectivity index (χ1) is 7.81. The summed E-state index contributed by atoms with van der Waals surface area (Å²) in [6, 6.07) is 5.04. The normalized spacial score (nSPS) is 17.0. The molecule has 1 aromatic carbocycles. The van der Waals surface area contributed by atoms with E-state index in [9.17, 15) is 4.39 Å². The number of nitrogens with zero attached hydrogens (tertiary/aromatic N) is 1. The highest BCUT2D eigenvalue weighted by molar-refractivity contribution is 5.51. The van der Waals surface area contributed by atoms with Crippen LogP contribution in [0.25, 0.3) is 0 Å². The summed E-state index contributed by atoms with van der Waals surface area (Å²) in [6.45, 7) is 3.98. The van der Waals surface area contributed by atoms with Crippen molar-refractivity contribution in [3.05, 3.63) is 24.0 Å². The van der Waals surface area contributed by atoms with E-state index in [-0.39, 0.29) is 5.82 Å². The molecule has 0 radical (unpaired) electrons. The van der Waals surface area contributed by atoms with Gasteiger partial charge >= 0.3 is 0 Å². The first kappa shape index (κ1) is 11.2. The van der Waals surface area contributed by atoms with Gasteiger partial charge in [-0.05, 0) is 25.1 Å². The van der Waals surface area contributed by atoms with Gasteiger partial charge in [0.1, 0.15) is 0 Å². The van der Waals surface area contributed by atoms with E-state index in [1.54, 1.807) is 6.07 Å². The summed E-state index contributed by atoms with van der Waals surface area (Å²) in [4.78, 5) is 2.25. The van der Waals surface area contributed by atoms with Crippen molar-refractivity contribution >= 4 is 5.69 Å². The van der Waals surface area contributed by atoms with E-state index in [1.807, 2.05) is 6.07 Å². The Morgan fingerprint density at radius 3 is 3.00 bits per heavy atom. The molecular formula is C12H17FN2O. The summed E-state index contributed by atoms with van der Waals surface area (Å²) < 4.78 is 18.3. The second-order valence-electron chi connectivity index (χ2n) is 3.91. The van der Waals surface area contributed by atoms with Gasteiger partial charge in [-0.3, -0.25) is 0 Å². The molecule has 2 rings (SSSR count). The first-order valence-electron chi connectivity index (χ1n) is 5.60. The number of nitrogens with one attached hydrogen (secondary N) is 1. The van der Waals surface area contributed by atoms with Crippen molar-refractivity contribution in [2.24, 2.45) is 0 Å². The number of halogens is 1. The van der Waals surface area contributed by atoms with Gasteiger partial charge in [-0.2, -0.15) is 0 Å². The Bertz CT molecular complexity index is 349. The lowest BCUT2D eigenvalue weighted by Crippen LogP contribution is -2.27.